The van der Waals surface area contributed by atoms with Crippen molar-refractivity contribution in [1.82, 2.24) is 0 Å². The van der Waals surface area contributed by atoms with Crippen LogP contribution in [0, 0.1) is 5.92 Å². The molecule has 1 aliphatic carbocycles. The van der Waals surface area contributed by atoms with Crippen molar-refractivity contribution >= 4 is 15.9 Å². The van der Waals surface area contributed by atoms with Crippen LogP contribution in [0.5, 0.6) is 5.75 Å². The van der Waals surface area contributed by atoms with E-state index in [1.54, 1.807) is 0 Å². The Balaban J connectivity index is 1.64. The van der Waals surface area contributed by atoms with Gasteiger partial charge in [0.05, 0.1) is 12.7 Å². The Bertz CT molecular complexity index is 367. The first kappa shape index (κ1) is 13.9. The number of benzene rings is 1. The second kappa shape index (κ2) is 7.15. The van der Waals surface area contributed by atoms with Gasteiger partial charge in [0.1, 0.15) is 12.4 Å². The van der Waals surface area contributed by atoms with Crippen LogP contribution in [0.1, 0.15) is 32.6 Å². The molecule has 0 N–H and O–H groups in total. The first-order valence-corrected chi connectivity index (χ1v) is 7.53. The molecule has 2 nitrogen and oxygen atoms in total. The molecule has 2 rings (SSSR count). The van der Waals surface area contributed by atoms with Gasteiger partial charge in [0.25, 0.3) is 0 Å². The molecular weight excluding hydrogens is 292 g/mol. The van der Waals surface area contributed by atoms with Gasteiger partial charge in [0.15, 0.2) is 0 Å². The fourth-order valence-electron chi connectivity index (χ4n) is 2.46. The summed E-state index contributed by atoms with van der Waals surface area (Å²) < 4.78 is 12.6. The van der Waals surface area contributed by atoms with E-state index in [1.807, 2.05) is 24.3 Å². The normalized spacial score (nSPS) is 23.9. The van der Waals surface area contributed by atoms with Crippen molar-refractivity contribution in [2.24, 2.45) is 5.92 Å². The Morgan fingerprint density at radius 1 is 1.28 bits per heavy atom. The average molecular weight is 313 g/mol. The minimum Gasteiger partial charge on any atom is -0.491 e. The summed E-state index contributed by atoms with van der Waals surface area (Å²) in [7, 11) is 0. The monoisotopic (exact) mass is 312 g/mol. The van der Waals surface area contributed by atoms with Crippen LogP contribution in [-0.4, -0.2) is 19.3 Å². The predicted molar refractivity (Wildman–Crippen MR) is 77.0 cm³/mol. The average Bonchev–Trinajstić information content (AvgIpc) is 2.35. The van der Waals surface area contributed by atoms with Crippen LogP contribution in [0.3, 0.4) is 0 Å². The van der Waals surface area contributed by atoms with Gasteiger partial charge in [0.2, 0.25) is 0 Å². The molecule has 0 aromatic heterocycles. The van der Waals surface area contributed by atoms with Crippen LogP contribution in [0.25, 0.3) is 0 Å². The molecule has 3 heteroatoms. The lowest BCUT2D eigenvalue weighted by molar-refractivity contribution is 0.00196. The van der Waals surface area contributed by atoms with E-state index in [1.165, 1.54) is 25.7 Å². The molecule has 0 aliphatic heterocycles. The molecule has 1 aromatic rings. The number of hydrogen-bond acceptors (Lipinski definition) is 2. The highest BCUT2D eigenvalue weighted by Crippen LogP contribution is 2.25. The second-order valence-corrected chi connectivity index (χ2v) is 5.99. The first-order valence-electron chi connectivity index (χ1n) is 6.74. The lowest BCUT2D eigenvalue weighted by Gasteiger charge is -2.26. The Labute approximate surface area is 118 Å². The van der Waals surface area contributed by atoms with Crippen LogP contribution in [0.4, 0.5) is 0 Å². The second-order valence-electron chi connectivity index (χ2n) is 5.07. The third kappa shape index (κ3) is 4.62. The van der Waals surface area contributed by atoms with Crippen molar-refractivity contribution in [2.45, 2.75) is 38.7 Å². The molecule has 1 fully saturated rings. The molecular formula is C15H21BrO2. The van der Waals surface area contributed by atoms with Gasteiger partial charge < -0.3 is 9.47 Å². The van der Waals surface area contributed by atoms with Crippen molar-refractivity contribution < 1.29 is 9.47 Å². The third-order valence-electron chi connectivity index (χ3n) is 3.39. The first-order chi connectivity index (χ1) is 8.74. The van der Waals surface area contributed by atoms with E-state index in [0.717, 1.165) is 16.1 Å². The molecule has 0 spiro atoms. The lowest BCUT2D eigenvalue weighted by atomic mass is 9.89. The topological polar surface area (TPSA) is 18.5 Å². The zero-order chi connectivity index (χ0) is 12.8. The quantitative estimate of drug-likeness (QED) is 0.749. The SMILES string of the molecule is CC1CCCC(OCCOc2cccc(Br)c2)C1. The molecule has 0 amide bonds. The van der Waals surface area contributed by atoms with Crippen LogP contribution >= 0.6 is 15.9 Å². The summed E-state index contributed by atoms with van der Waals surface area (Å²) in [4.78, 5) is 0. The van der Waals surface area contributed by atoms with E-state index in [0.29, 0.717) is 19.3 Å². The zero-order valence-corrected chi connectivity index (χ0v) is 12.5. The largest absolute Gasteiger partial charge is 0.491 e. The highest BCUT2D eigenvalue weighted by atomic mass is 79.9. The van der Waals surface area contributed by atoms with Gasteiger partial charge in [-0.1, -0.05) is 41.8 Å². The van der Waals surface area contributed by atoms with E-state index < -0.39 is 0 Å². The highest BCUT2D eigenvalue weighted by molar-refractivity contribution is 9.10. The predicted octanol–water partition coefficient (Wildman–Crippen LogP) is 4.42. The Hall–Kier alpha value is -0.540. The van der Waals surface area contributed by atoms with E-state index >= 15 is 0 Å². The maximum atomic E-state index is 5.87. The molecule has 2 unspecified atom stereocenters. The summed E-state index contributed by atoms with van der Waals surface area (Å²) in [5.41, 5.74) is 0. The van der Waals surface area contributed by atoms with Crippen LogP contribution in [-0.2, 0) is 4.74 Å². The van der Waals surface area contributed by atoms with Crippen molar-refractivity contribution in [3.8, 4) is 5.75 Å². The van der Waals surface area contributed by atoms with Crippen LogP contribution in [0.15, 0.2) is 28.7 Å². The summed E-state index contributed by atoms with van der Waals surface area (Å²) in [5, 5.41) is 0. The zero-order valence-electron chi connectivity index (χ0n) is 10.9. The van der Waals surface area contributed by atoms with Gasteiger partial charge in [0, 0.05) is 4.47 Å². The fraction of sp³-hybridized carbons (Fsp3) is 0.600. The molecule has 1 saturated carbocycles. The summed E-state index contributed by atoms with van der Waals surface area (Å²) >= 11 is 3.43. The maximum Gasteiger partial charge on any atom is 0.120 e. The highest BCUT2D eigenvalue weighted by Gasteiger charge is 2.18. The maximum absolute atomic E-state index is 5.87. The Morgan fingerprint density at radius 2 is 2.17 bits per heavy atom. The smallest absolute Gasteiger partial charge is 0.120 e. The minimum atomic E-state index is 0.444. The molecule has 0 saturated heterocycles. The van der Waals surface area contributed by atoms with Crippen molar-refractivity contribution in [2.75, 3.05) is 13.2 Å². The van der Waals surface area contributed by atoms with Gasteiger partial charge in [-0.3, -0.25) is 0 Å². The number of hydrogen-bond donors (Lipinski definition) is 0. The van der Waals surface area contributed by atoms with Gasteiger partial charge >= 0.3 is 0 Å². The van der Waals surface area contributed by atoms with Gasteiger partial charge in [-0.2, -0.15) is 0 Å². The summed E-state index contributed by atoms with van der Waals surface area (Å²) in [6.07, 6.45) is 5.52. The van der Waals surface area contributed by atoms with E-state index in [4.69, 9.17) is 9.47 Å². The number of ether oxygens (including phenoxy) is 2. The molecule has 2 atom stereocenters. The standard InChI is InChI=1S/C15H21BrO2/c1-12-4-2-6-14(10-12)17-8-9-18-15-7-3-5-13(16)11-15/h3,5,7,11-12,14H,2,4,6,8-10H2,1H3. The van der Waals surface area contributed by atoms with Gasteiger partial charge in [-0.25, -0.2) is 0 Å². The molecule has 0 bridgehead atoms. The van der Waals surface area contributed by atoms with Crippen LogP contribution in [0.2, 0.25) is 0 Å². The Morgan fingerprint density at radius 3 is 2.94 bits per heavy atom. The summed E-state index contributed by atoms with van der Waals surface area (Å²) in [5.74, 6) is 1.71. The number of halogens is 1. The molecule has 0 radical (unpaired) electrons. The molecule has 1 aliphatic rings. The van der Waals surface area contributed by atoms with Crippen molar-refractivity contribution in [3.63, 3.8) is 0 Å². The third-order valence-corrected chi connectivity index (χ3v) is 3.88. The van der Waals surface area contributed by atoms with E-state index in [2.05, 4.69) is 22.9 Å². The van der Waals surface area contributed by atoms with Gasteiger partial charge in [-0.15, -0.1) is 0 Å². The van der Waals surface area contributed by atoms with Crippen molar-refractivity contribution in [3.05, 3.63) is 28.7 Å². The number of rotatable bonds is 5. The minimum absolute atomic E-state index is 0.444. The van der Waals surface area contributed by atoms with Crippen molar-refractivity contribution in [1.29, 1.82) is 0 Å². The lowest BCUT2D eigenvalue weighted by Crippen LogP contribution is -2.23. The van der Waals surface area contributed by atoms with Crippen LogP contribution < -0.4 is 4.74 Å². The molecule has 18 heavy (non-hydrogen) atoms. The Kier molecular flexibility index (Phi) is 5.51. The summed E-state index contributed by atoms with van der Waals surface area (Å²) in [6, 6.07) is 7.91. The molecule has 1 aromatic carbocycles. The summed E-state index contributed by atoms with van der Waals surface area (Å²) in [6.45, 7) is 3.62. The van der Waals surface area contributed by atoms with E-state index in [9.17, 15) is 0 Å². The van der Waals surface area contributed by atoms with Gasteiger partial charge in [-0.05, 0) is 37.0 Å². The fourth-order valence-corrected chi connectivity index (χ4v) is 2.84. The molecule has 100 valence electrons. The molecule has 0 heterocycles. The van der Waals surface area contributed by atoms with E-state index in [-0.39, 0.29) is 0 Å².